The molecule has 0 atom stereocenters. The molecule has 1 aliphatic heterocycles. The van der Waals surface area contributed by atoms with E-state index < -0.39 is 16.9 Å². The summed E-state index contributed by atoms with van der Waals surface area (Å²) in [6.45, 7) is 4.43. The fraction of sp³-hybridized carbons (Fsp3) is 0.250. The van der Waals surface area contributed by atoms with Gasteiger partial charge in [0.25, 0.3) is 11.6 Å². The number of aryl methyl sites for hydroxylation is 1. The summed E-state index contributed by atoms with van der Waals surface area (Å²) in [6.07, 6.45) is 0. The summed E-state index contributed by atoms with van der Waals surface area (Å²) in [7, 11) is 0. The minimum Gasteiger partial charge on any atom is -0.478 e. The zero-order chi connectivity index (χ0) is 22.3. The van der Waals surface area contributed by atoms with Crippen molar-refractivity contribution in [2.45, 2.75) is 6.92 Å². The highest BCUT2D eigenvalue weighted by Gasteiger charge is 2.19. The summed E-state index contributed by atoms with van der Waals surface area (Å²) < 4.78 is 0. The lowest BCUT2D eigenvalue weighted by molar-refractivity contribution is -0.384. The van der Waals surface area contributed by atoms with Gasteiger partial charge in [0.05, 0.1) is 16.1 Å². The SMILES string of the molecule is Cc1ccc(C(=O)O)cc1C(=O)O.O=C(c1cccc([N+](=O)[O-])c1)N1CCNCC1. The Morgan fingerprint density at radius 1 is 1.00 bits per heavy atom. The number of amides is 1. The predicted molar refractivity (Wildman–Crippen MR) is 107 cm³/mol. The average Bonchev–Trinajstić information content (AvgIpc) is 2.74. The quantitative estimate of drug-likeness (QED) is 0.507. The highest BCUT2D eigenvalue weighted by molar-refractivity contribution is 5.95. The number of piperazine rings is 1. The molecule has 10 heteroatoms. The van der Waals surface area contributed by atoms with E-state index in [1.807, 2.05) is 0 Å². The highest BCUT2D eigenvalue weighted by Crippen LogP contribution is 2.15. The van der Waals surface area contributed by atoms with E-state index in [-0.39, 0.29) is 22.7 Å². The van der Waals surface area contributed by atoms with Gasteiger partial charge in [-0.25, -0.2) is 9.59 Å². The number of rotatable bonds is 4. The van der Waals surface area contributed by atoms with E-state index in [2.05, 4.69) is 5.32 Å². The molecule has 2 aromatic rings. The number of benzene rings is 2. The average molecular weight is 415 g/mol. The molecule has 0 aromatic heterocycles. The largest absolute Gasteiger partial charge is 0.478 e. The first-order valence-electron chi connectivity index (χ1n) is 9.02. The van der Waals surface area contributed by atoms with Gasteiger partial charge in [-0.3, -0.25) is 14.9 Å². The van der Waals surface area contributed by atoms with E-state index in [1.165, 1.54) is 30.3 Å². The number of carboxylic acids is 2. The van der Waals surface area contributed by atoms with Crippen LogP contribution in [0.25, 0.3) is 0 Å². The molecule has 0 unspecified atom stereocenters. The second-order valence-electron chi connectivity index (χ2n) is 6.49. The maximum atomic E-state index is 12.1. The Hall–Kier alpha value is -3.79. The minimum absolute atomic E-state index is 0.0111. The number of non-ortho nitro benzene ring substituents is 1. The Morgan fingerprint density at radius 3 is 2.23 bits per heavy atom. The van der Waals surface area contributed by atoms with Gasteiger partial charge >= 0.3 is 11.9 Å². The smallest absolute Gasteiger partial charge is 0.335 e. The van der Waals surface area contributed by atoms with Crippen LogP contribution in [0.1, 0.15) is 36.6 Å². The molecule has 0 bridgehead atoms. The number of carboxylic acid groups (broad SMARTS) is 2. The normalized spacial score (nSPS) is 13.0. The summed E-state index contributed by atoms with van der Waals surface area (Å²) in [5.41, 5.74) is 0.896. The molecule has 1 fully saturated rings. The Kier molecular flexibility index (Phi) is 7.59. The van der Waals surface area contributed by atoms with Crippen molar-refractivity contribution >= 4 is 23.5 Å². The van der Waals surface area contributed by atoms with E-state index in [1.54, 1.807) is 17.9 Å². The Bertz CT molecular complexity index is 969. The van der Waals surface area contributed by atoms with Gasteiger partial charge < -0.3 is 20.4 Å². The molecule has 1 amide bonds. The lowest BCUT2D eigenvalue weighted by Gasteiger charge is -2.27. The van der Waals surface area contributed by atoms with E-state index in [9.17, 15) is 24.5 Å². The number of hydrogen-bond donors (Lipinski definition) is 3. The summed E-state index contributed by atoms with van der Waals surface area (Å²) >= 11 is 0. The van der Waals surface area contributed by atoms with Crippen LogP contribution in [0.4, 0.5) is 5.69 Å². The molecular formula is C20H21N3O7. The first-order valence-corrected chi connectivity index (χ1v) is 9.02. The molecule has 0 radical (unpaired) electrons. The highest BCUT2D eigenvalue weighted by atomic mass is 16.6. The van der Waals surface area contributed by atoms with Crippen molar-refractivity contribution in [2.75, 3.05) is 26.2 Å². The molecule has 1 saturated heterocycles. The van der Waals surface area contributed by atoms with Gasteiger partial charge in [-0.15, -0.1) is 0 Å². The van der Waals surface area contributed by atoms with Crippen molar-refractivity contribution in [2.24, 2.45) is 0 Å². The third kappa shape index (κ3) is 5.85. The Labute approximate surface area is 171 Å². The number of hydrogen-bond acceptors (Lipinski definition) is 6. The Balaban J connectivity index is 0.000000222. The van der Waals surface area contributed by atoms with Gasteiger partial charge in [0.15, 0.2) is 0 Å². The first-order chi connectivity index (χ1) is 14.2. The molecule has 3 N–H and O–H groups in total. The zero-order valence-electron chi connectivity index (χ0n) is 16.2. The molecular weight excluding hydrogens is 394 g/mol. The third-order valence-electron chi connectivity index (χ3n) is 4.42. The molecule has 10 nitrogen and oxygen atoms in total. The van der Waals surface area contributed by atoms with Crippen molar-refractivity contribution in [3.8, 4) is 0 Å². The number of carbonyl (C=O) groups is 3. The van der Waals surface area contributed by atoms with Gasteiger partial charge in [-0.1, -0.05) is 12.1 Å². The minimum atomic E-state index is -1.12. The molecule has 30 heavy (non-hydrogen) atoms. The van der Waals surface area contributed by atoms with Crippen LogP contribution in [0.3, 0.4) is 0 Å². The molecule has 1 aliphatic rings. The first kappa shape index (κ1) is 22.5. The van der Waals surface area contributed by atoms with Crippen molar-refractivity contribution in [3.63, 3.8) is 0 Å². The van der Waals surface area contributed by atoms with Crippen molar-refractivity contribution < 1.29 is 29.5 Å². The summed E-state index contributed by atoms with van der Waals surface area (Å²) in [5.74, 6) is -2.38. The lowest BCUT2D eigenvalue weighted by atomic mass is 10.1. The molecule has 158 valence electrons. The van der Waals surface area contributed by atoms with Crippen LogP contribution in [0.2, 0.25) is 0 Å². The van der Waals surface area contributed by atoms with Gasteiger partial charge in [0, 0.05) is 43.9 Å². The van der Waals surface area contributed by atoms with Gasteiger partial charge in [0.1, 0.15) is 0 Å². The van der Waals surface area contributed by atoms with Crippen LogP contribution in [0, 0.1) is 17.0 Å². The van der Waals surface area contributed by atoms with E-state index in [4.69, 9.17) is 10.2 Å². The van der Waals surface area contributed by atoms with Crippen LogP contribution >= 0.6 is 0 Å². The molecule has 3 rings (SSSR count). The van der Waals surface area contributed by atoms with Crippen LogP contribution in [0.5, 0.6) is 0 Å². The summed E-state index contributed by atoms with van der Waals surface area (Å²) in [5, 5.41) is 31.0. The fourth-order valence-electron chi connectivity index (χ4n) is 2.79. The Morgan fingerprint density at radius 2 is 1.67 bits per heavy atom. The van der Waals surface area contributed by atoms with Crippen molar-refractivity contribution in [1.29, 1.82) is 0 Å². The topological polar surface area (TPSA) is 150 Å². The molecule has 0 spiro atoms. The zero-order valence-corrected chi connectivity index (χ0v) is 16.2. The maximum Gasteiger partial charge on any atom is 0.335 e. The number of nitro groups is 1. The monoisotopic (exact) mass is 415 g/mol. The summed E-state index contributed by atoms with van der Waals surface area (Å²) in [6, 6.07) is 9.86. The van der Waals surface area contributed by atoms with E-state index in [0.717, 1.165) is 19.2 Å². The second kappa shape index (κ2) is 10.1. The third-order valence-corrected chi connectivity index (χ3v) is 4.42. The number of carbonyl (C=O) groups excluding carboxylic acids is 1. The number of nitro benzene ring substituents is 1. The van der Waals surface area contributed by atoms with Crippen LogP contribution in [0.15, 0.2) is 42.5 Å². The standard InChI is InChI=1S/C11H13N3O3.C9H8O4/c15-11(13-6-4-12-5-7-13)9-2-1-3-10(8-9)14(16)17;1-5-2-3-6(8(10)11)4-7(5)9(12)13/h1-3,8,12H,4-7H2;2-4H,1H3,(H,10,11)(H,12,13). The molecule has 0 aliphatic carbocycles. The fourth-order valence-corrected chi connectivity index (χ4v) is 2.79. The maximum absolute atomic E-state index is 12.1. The number of aromatic carboxylic acids is 2. The van der Waals surface area contributed by atoms with E-state index in [0.29, 0.717) is 24.2 Å². The van der Waals surface area contributed by atoms with Crippen molar-refractivity contribution in [1.82, 2.24) is 10.2 Å². The molecule has 1 heterocycles. The number of nitrogens with one attached hydrogen (secondary N) is 1. The lowest BCUT2D eigenvalue weighted by Crippen LogP contribution is -2.46. The second-order valence-corrected chi connectivity index (χ2v) is 6.49. The van der Waals surface area contributed by atoms with Crippen LogP contribution < -0.4 is 5.32 Å². The summed E-state index contributed by atoms with van der Waals surface area (Å²) in [4.78, 5) is 45.0. The van der Waals surface area contributed by atoms with Gasteiger partial charge in [0.2, 0.25) is 0 Å². The van der Waals surface area contributed by atoms with Crippen LogP contribution in [-0.2, 0) is 0 Å². The molecule has 2 aromatic carbocycles. The molecule has 0 saturated carbocycles. The predicted octanol–water partition coefficient (Wildman–Crippen LogP) is 2.03. The van der Waals surface area contributed by atoms with E-state index >= 15 is 0 Å². The van der Waals surface area contributed by atoms with Crippen molar-refractivity contribution in [3.05, 3.63) is 74.8 Å². The van der Waals surface area contributed by atoms with Crippen LogP contribution in [-0.4, -0.2) is 64.1 Å². The van der Waals surface area contributed by atoms with Gasteiger partial charge in [-0.2, -0.15) is 0 Å². The number of nitrogens with zero attached hydrogens (tertiary/aromatic N) is 2. The van der Waals surface area contributed by atoms with Gasteiger partial charge in [-0.05, 0) is 30.7 Å².